The monoisotopic (exact) mass is 270 g/mol. The third-order valence-electron chi connectivity index (χ3n) is 2.35. The molecule has 8 heteroatoms. The van der Waals surface area contributed by atoms with Crippen LogP contribution in [0.25, 0.3) is 0 Å². The van der Waals surface area contributed by atoms with Crippen LogP contribution in [0, 0.1) is 0 Å². The van der Waals surface area contributed by atoms with Crippen molar-refractivity contribution in [2.24, 2.45) is 0 Å². The number of halogens is 3. The minimum absolute atomic E-state index is 0.273. The van der Waals surface area contributed by atoms with E-state index in [0.29, 0.717) is 6.42 Å². The summed E-state index contributed by atoms with van der Waals surface area (Å²) in [5, 5.41) is 13.1. The van der Waals surface area contributed by atoms with E-state index in [1.807, 2.05) is 0 Å². The molecule has 0 aliphatic rings. The minimum atomic E-state index is -4.48. The topological polar surface area (TPSA) is 78.4 Å². The lowest BCUT2D eigenvalue weighted by atomic mass is 9.96. The lowest BCUT2D eigenvalue weighted by Gasteiger charge is -2.25. The Balaban J connectivity index is 4.21. The number of carbonyl (C=O) groups is 2. The first kappa shape index (κ1) is 16.7. The van der Waals surface area contributed by atoms with Crippen LogP contribution in [0.5, 0.6) is 0 Å². The summed E-state index contributed by atoms with van der Waals surface area (Å²) in [5.41, 5.74) is -1.32. The average molecular weight is 270 g/mol. The van der Waals surface area contributed by atoms with Crippen LogP contribution in [0.4, 0.5) is 13.2 Å². The van der Waals surface area contributed by atoms with Gasteiger partial charge >= 0.3 is 12.1 Å². The Morgan fingerprint density at radius 1 is 1.28 bits per heavy atom. The van der Waals surface area contributed by atoms with Gasteiger partial charge in [-0.1, -0.05) is 13.3 Å². The Kier molecular flexibility index (Phi) is 6.10. The summed E-state index contributed by atoms with van der Waals surface area (Å²) >= 11 is 0. The van der Waals surface area contributed by atoms with Crippen molar-refractivity contribution in [1.82, 2.24) is 10.6 Å². The summed E-state index contributed by atoms with van der Waals surface area (Å²) in [5.74, 6) is -2.04. The second kappa shape index (κ2) is 6.58. The van der Waals surface area contributed by atoms with Gasteiger partial charge in [0.25, 0.3) is 0 Å². The number of hydrogen-bond acceptors (Lipinski definition) is 3. The van der Waals surface area contributed by atoms with Crippen molar-refractivity contribution < 1.29 is 27.9 Å². The summed E-state index contributed by atoms with van der Waals surface area (Å²) in [4.78, 5) is 22.1. The van der Waals surface area contributed by atoms with Crippen LogP contribution in [0.1, 0.15) is 26.7 Å². The highest BCUT2D eigenvalue weighted by atomic mass is 19.4. The van der Waals surface area contributed by atoms with Crippen LogP contribution in [0.2, 0.25) is 0 Å². The van der Waals surface area contributed by atoms with E-state index in [1.54, 1.807) is 12.2 Å². The predicted octanol–water partition coefficient (Wildman–Crippen LogP) is 0.898. The number of carboxylic acids is 1. The molecule has 0 bridgehead atoms. The molecule has 0 saturated heterocycles. The Labute approximate surface area is 103 Å². The van der Waals surface area contributed by atoms with Gasteiger partial charge in [-0.3, -0.25) is 14.9 Å². The van der Waals surface area contributed by atoms with Gasteiger partial charge in [-0.05, 0) is 13.3 Å². The maximum absolute atomic E-state index is 11.8. The maximum Gasteiger partial charge on any atom is 0.405 e. The zero-order valence-electron chi connectivity index (χ0n) is 10.2. The van der Waals surface area contributed by atoms with Crippen LogP contribution in [-0.2, 0) is 9.59 Å². The van der Waals surface area contributed by atoms with E-state index in [9.17, 15) is 22.8 Å². The van der Waals surface area contributed by atoms with Crippen molar-refractivity contribution in [1.29, 1.82) is 0 Å². The van der Waals surface area contributed by atoms with E-state index in [2.05, 4.69) is 5.32 Å². The molecule has 0 aliphatic carbocycles. The average Bonchev–Trinajstić information content (AvgIpc) is 2.22. The molecule has 0 aliphatic heterocycles. The van der Waals surface area contributed by atoms with E-state index in [-0.39, 0.29) is 6.42 Å². The molecule has 0 aromatic rings. The van der Waals surface area contributed by atoms with Gasteiger partial charge in [-0.25, -0.2) is 0 Å². The SMILES string of the molecule is CCCC(C)(NCC(=O)NCC(F)(F)F)C(=O)O. The smallest absolute Gasteiger partial charge is 0.405 e. The van der Waals surface area contributed by atoms with E-state index >= 15 is 0 Å². The fourth-order valence-corrected chi connectivity index (χ4v) is 1.31. The zero-order chi connectivity index (χ0) is 14.4. The molecule has 0 aromatic carbocycles. The van der Waals surface area contributed by atoms with Crippen LogP contribution >= 0.6 is 0 Å². The number of rotatable bonds is 7. The highest BCUT2D eigenvalue weighted by Crippen LogP contribution is 2.13. The Morgan fingerprint density at radius 3 is 2.22 bits per heavy atom. The van der Waals surface area contributed by atoms with Crippen LogP contribution < -0.4 is 10.6 Å². The predicted molar refractivity (Wildman–Crippen MR) is 58.0 cm³/mol. The summed E-state index contributed by atoms with van der Waals surface area (Å²) in [6.07, 6.45) is -3.63. The van der Waals surface area contributed by atoms with E-state index in [1.165, 1.54) is 6.92 Å². The van der Waals surface area contributed by atoms with Crippen molar-refractivity contribution in [2.75, 3.05) is 13.1 Å². The molecular weight excluding hydrogens is 253 g/mol. The number of amides is 1. The normalized spacial score (nSPS) is 14.9. The number of alkyl halides is 3. The van der Waals surface area contributed by atoms with Crippen molar-refractivity contribution >= 4 is 11.9 Å². The first-order valence-electron chi connectivity index (χ1n) is 5.42. The fraction of sp³-hybridized carbons (Fsp3) is 0.800. The number of carbonyl (C=O) groups excluding carboxylic acids is 1. The maximum atomic E-state index is 11.8. The molecule has 1 atom stereocenters. The van der Waals surface area contributed by atoms with E-state index in [4.69, 9.17) is 5.11 Å². The van der Waals surface area contributed by atoms with E-state index in [0.717, 1.165) is 0 Å². The molecule has 0 spiro atoms. The van der Waals surface area contributed by atoms with Gasteiger partial charge in [0.15, 0.2) is 0 Å². The highest BCUT2D eigenvalue weighted by molar-refractivity contribution is 5.81. The van der Waals surface area contributed by atoms with Gasteiger partial charge in [0.1, 0.15) is 12.1 Å². The zero-order valence-corrected chi connectivity index (χ0v) is 10.2. The number of aliphatic carboxylic acids is 1. The summed E-state index contributed by atoms with van der Waals surface area (Å²) in [6.45, 7) is 1.26. The molecule has 18 heavy (non-hydrogen) atoms. The lowest BCUT2D eigenvalue weighted by molar-refractivity contribution is -0.145. The molecule has 5 nitrogen and oxygen atoms in total. The molecule has 0 radical (unpaired) electrons. The molecule has 0 fully saturated rings. The van der Waals surface area contributed by atoms with Crippen LogP contribution in [-0.4, -0.2) is 41.8 Å². The molecule has 106 valence electrons. The number of carboxylic acid groups (broad SMARTS) is 1. The molecule has 3 N–H and O–H groups in total. The minimum Gasteiger partial charge on any atom is -0.480 e. The highest BCUT2D eigenvalue weighted by Gasteiger charge is 2.32. The van der Waals surface area contributed by atoms with Crippen molar-refractivity contribution in [3.8, 4) is 0 Å². The fourth-order valence-electron chi connectivity index (χ4n) is 1.31. The Morgan fingerprint density at radius 2 is 1.83 bits per heavy atom. The largest absolute Gasteiger partial charge is 0.480 e. The van der Waals surface area contributed by atoms with Crippen LogP contribution in [0.3, 0.4) is 0 Å². The van der Waals surface area contributed by atoms with E-state index < -0.39 is 36.7 Å². The molecule has 1 amide bonds. The van der Waals surface area contributed by atoms with Gasteiger partial charge in [0.05, 0.1) is 6.54 Å². The quantitative estimate of drug-likeness (QED) is 0.642. The molecule has 0 aromatic heterocycles. The van der Waals surface area contributed by atoms with Gasteiger partial charge in [0.2, 0.25) is 5.91 Å². The first-order valence-corrected chi connectivity index (χ1v) is 5.42. The Bertz CT molecular complexity index is 307. The standard InChI is InChI=1S/C10H17F3N2O3/c1-3-4-9(2,8(17)18)15-5-7(16)14-6-10(11,12)13/h15H,3-6H2,1-2H3,(H,14,16)(H,17,18). The second-order valence-electron chi connectivity index (χ2n) is 4.13. The van der Waals surface area contributed by atoms with Gasteiger partial charge in [-0.15, -0.1) is 0 Å². The van der Waals surface area contributed by atoms with Gasteiger partial charge < -0.3 is 10.4 Å². The summed E-state index contributed by atoms with van der Waals surface area (Å²) in [7, 11) is 0. The summed E-state index contributed by atoms with van der Waals surface area (Å²) in [6, 6.07) is 0. The number of hydrogen-bond donors (Lipinski definition) is 3. The third kappa shape index (κ3) is 6.43. The van der Waals surface area contributed by atoms with Crippen molar-refractivity contribution in [2.45, 2.75) is 38.4 Å². The summed E-state index contributed by atoms with van der Waals surface area (Å²) < 4.78 is 35.4. The van der Waals surface area contributed by atoms with Crippen molar-refractivity contribution in [3.05, 3.63) is 0 Å². The first-order chi connectivity index (χ1) is 8.10. The molecule has 0 heterocycles. The van der Waals surface area contributed by atoms with Gasteiger partial charge in [0, 0.05) is 0 Å². The number of nitrogens with one attached hydrogen (secondary N) is 2. The molecular formula is C10H17F3N2O3. The van der Waals surface area contributed by atoms with Crippen LogP contribution in [0.15, 0.2) is 0 Å². The molecule has 1 unspecified atom stereocenters. The van der Waals surface area contributed by atoms with Crippen molar-refractivity contribution in [3.63, 3.8) is 0 Å². The van der Waals surface area contributed by atoms with Gasteiger partial charge in [-0.2, -0.15) is 13.2 Å². The third-order valence-corrected chi connectivity index (χ3v) is 2.35. The molecule has 0 rings (SSSR count). The molecule has 0 saturated carbocycles. The Hall–Kier alpha value is -1.31. The lowest BCUT2D eigenvalue weighted by Crippen LogP contribution is -2.53. The second-order valence-corrected chi connectivity index (χ2v) is 4.13.